The quantitative estimate of drug-likeness (QED) is 0.0234. The maximum Gasteiger partial charge on any atom is 0.472 e. The van der Waals surface area contributed by atoms with Gasteiger partial charge >= 0.3 is 19.8 Å². The fourth-order valence-corrected chi connectivity index (χ4v) is 6.65. The van der Waals surface area contributed by atoms with Crippen LogP contribution in [0.2, 0.25) is 0 Å². The lowest BCUT2D eigenvalue weighted by atomic mass is 10.0. The second-order valence-electron chi connectivity index (χ2n) is 14.8. The molecule has 0 bridgehead atoms. The van der Waals surface area contributed by atoms with Crippen molar-refractivity contribution in [2.45, 2.75) is 193 Å². The van der Waals surface area contributed by atoms with E-state index >= 15 is 0 Å². The second kappa shape index (κ2) is 41.8. The molecule has 0 saturated heterocycles. The van der Waals surface area contributed by atoms with Crippen molar-refractivity contribution < 1.29 is 42.7 Å². The highest BCUT2D eigenvalue weighted by Crippen LogP contribution is 2.43. The molecule has 0 amide bonds. The standard InChI is InChI=1S/C46H82NO9P/c1-3-5-7-9-11-13-15-17-19-21-23-25-27-29-31-33-35-37-39-53-40-43(41-54-57(51,52)55-42-44(47)46(49)50)56-45(48)38-36-34-32-30-28-26-24-22-20-18-16-14-12-10-8-6-4-2/h6,8,12,14,18,20,24,26,30,32,43-44H,3-5,7,9-11,13,15-17,19,21-23,25,27-29,31,33-42,47H2,1-2H3,(H,49,50)(H,51,52)/b8-6-,14-12-,20-18-,26-24-,32-30-/t43-,44+/m1/s1. The van der Waals surface area contributed by atoms with Gasteiger partial charge in [-0.1, -0.05) is 184 Å². The average Bonchev–Trinajstić information content (AvgIpc) is 3.19. The van der Waals surface area contributed by atoms with Crippen LogP contribution in [0.4, 0.5) is 0 Å². The molecular weight excluding hydrogens is 741 g/mol. The zero-order valence-electron chi connectivity index (χ0n) is 35.9. The van der Waals surface area contributed by atoms with Crippen molar-refractivity contribution in [1.29, 1.82) is 0 Å². The topological polar surface area (TPSA) is 155 Å². The minimum Gasteiger partial charge on any atom is -0.480 e. The van der Waals surface area contributed by atoms with E-state index in [1.54, 1.807) is 0 Å². The van der Waals surface area contributed by atoms with Gasteiger partial charge in [0.2, 0.25) is 0 Å². The van der Waals surface area contributed by atoms with Crippen molar-refractivity contribution in [3.05, 3.63) is 60.8 Å². The number of unbranched alkanes of at least 4 members (excludes halogenated alkanes) is 18. The third kappa shape index (κ3) is 41.6. The first-order chi connectivity index (χ1) is 27.7. The van der Waals surface area contributed by atoms with Crippen molar-refractivity contribution in [1.82, 2.24) is 0 Å². The predicted molar refractivity (Wildman–Crippen MR) is 235 cm³/mol. The Labute approximate surface area is 347 Å². The number of rotatable bonds is 42. The Morgan fingerprint density at radius 3 is 1.46 bits per heavy atom. The molecule has 0 saturated carbocycles. The van der Waals surface area contributed by atoms with E-state index < -0.39 is 45.1 Å². The van der Waals surface area contributed by atoms with Crippen molar-refractivity contribution in [3.63, 3.8) is 0 Å². The summed E-state index contributed by atoms with van der Waals surface area (Å²) in [6.07, 6.45) is 50.0. The highest BCUT2D eigenvalue weighted by Gasteiger charge is 2.27. The number of carboxylic acids is 1. The normalized spacial score (nSPS) is 14.5. The Bertz CT molecular complexity index is 1140. The van der Waals surface area contributed by atoms with Crippen LogP contribution in [0, 0.1) is 0 Å². The molecule has 0 rings (SSSR count). The molecule has 3 atom stereocenters. The number of hydrogen-bond donors (Lipinski definition) is 3. The molecule has 11 heteroatoms. The molecule has 0 radical (unpaired) electrons. The summed E-state index contributed by atoms with van der Waals surface area (Å²) in [6, 6.07) is -1.48. The SMILES string of the molecule is CC/C=C\C/C=C\C/C=C\C/C=C\C/C=C\CCCC(=O)O[C@H](COCCCCCCCCCCCCCCCCCCCC)COP(=O)(O)OC[C@H](N)C(=O)O. The maximum atomic E-state index is 12.6. The molecule has 1 unspecified atom stereocenters. The lowest BCUT2D eigenvalue weighted by Crippen LogP contribution is -2.34. The van der Waals surface area contributed by atoms with Gasteiger partial charge in [-0.25, -0.2) is 4.57 Å². The average molecular weight is 824 g/mol. The van der Waals surface area contributed by atoms with Crippen molar-refractivity contribution in [2.24, 2.45) is 5.73 Å². The minimum atomic E-state index is -4.63. The van der Waals surface area contributed by atoms with E-state index in [9.17, 15) is 19.0 Å². The van der Waals surface area contributed by atoms with Crippen LogP contribution >= 0.6 is 7.82 Å². The van der Waals surface area contributed by atoms with E-state index in [4.69, 9.17) is 29.4 Å². The van der Waals surface area contributed by atoms with Gasteiger partial charge in [0.15, 0.2) is 0 Å². The van der Waals surface area contributed by atoms with Gasteiger partial charge in [-0.3, -0.25) is 18.6 Å². The number of allylic oxidation sites excluding steroid dienone is 10. The molecule has 0 aliphatic rings. The van der Waals surface area contributed by atoms with Crippen LogP contribution in [0.3, 0.4) is 0 Å². The van der Waals surface area contributed by atoms with E-state index in [2.05, 4.69) is 68.5 Å². The van der Waals surface area contributed by atoms with Crippen LogP contribution in [0.15, 0.2) is 60.8 Å². The number of hydrogen-bond acceptors (Lipinski definition) is 8. The summed E-state index contributed by atoms with van der Waals surface area (Å²) in [5.74, 6) is -1.84. The van der Waals surface area contributed by atoms with Gasteiger partial charge in [0.1, 0.15) is 12.1 Å². The number of carbonyl (C=O) groups excluding carboxylic acids is 1. The number of nitrogens with two attached hydrogens (primary N) is 1. The Hall–Kier alpha value is -2.33. The predicted octanol–water partition coefficient (Wildman–Crippen LogP) is 12.4. The molecule has 0 aromatic rings. The number of ether oxygens (including phenoxy) is 2. The van der Waals surface area contributed by atoms with E-state index in [-0.39, 0.29) is 13.0 Å². The van der Waals surface area contributed by atoms with Crippen molar-refractivity contribution in [2.75, 3.05) is 26.4 Å². The van der Waals surface area contributed by atoms with E-state index in [0.717, 1.165) is 51.4 Å². The molecular formula is C46H82NO9P. The third-order valence-electron chi connectivity index (χ3n) is 9.31. The van der Waals surface area contributed by atoms with Gasteiger partial charge in [-0.2, -0.15) is 0 Å². The van der Waals surface area contributed by atoms with Crippen molar-refractivity contribution in [3.8, 4) is 0 Å². The lowest BCUT2D eigenvalue weighted by molar-refractivity contribution is -0.154. The van der Waals surface area contributed by atoms with Gasteiger partial charge in [0.05, 0.1) is 19.8 Å². The monoisotopic (exact) mass is 824 g/mol. The van der Waals surface area contributed by atoms with Crippen LogP contribution < -0.4 is 5.73 Å². The number of aliphatic carboxylic acids is 1. The fourth-order valence-electron chi connectivity index (χ4n) is 5.87. The first-order valence-electron chi connectivity index (χ1n) is 22.3. The number of esters is 1. The van der Waals surface area contributed by atoms with Gasteiger partial charge in [0.25, 0.3) is 0 Å². The van der Waals surface area contributed by atoms with Crippen molar-refractivity contribution >= 4 is 19.8 Å². The molecule has 4 N–H and O–H groups in total. The summed E-state index contributed by atoms with van der Waals surface area (Å²) in [7, 11) is -4.63. The van der Waals surface area contributed by atoms with E-state index in [1.807, 2.05) is 6.08 Å². The molecule has 0 aliphatic carbocycles. The molecule has 0 aromatic heterocycles. The molecule has 0 aliphatic heterocycles. The van der Waals surface area contributed by atoms with Gasteiger partial charge in [-0.05, 0) is 51.4 Å². The van der Waals surface area contributed by atoms with Gasteiger partial charge < -0.3 is 25.2 Å². The smallest absolute Gasteiger partial charge is 0.472 e. The third-order valence-corrected chi connectivity index (χ3v) is 10.3. The number of carbonyl (C=O) groups is 2. The summed E-state index contributed by atoms with van der Waals surface area (Å²) in [5.41, 5.74) is 5.35. The van der Waals surface area contributed by atoms with Crippen LogP contribution in [-0.2, 0) is 32.7 Å². The second-order valence-corrected chi connectivity index (χ2v) is 16.3. The van der Waals surface area contributed by atoms with Gasteiger partial charge in [0, 0.05) is 13.0 Å². The highest BCUT2D eigenvalue weighted by atomic mass is 31.2. The van der Waals surface area contributed by atoms with E-state index in [0.29, 0.717) is 19.4 Å². The number of phosphoric ester groups is 1. The highest BCUT2D eigenvalue weighted by molar-refractivity contribution is 7.47. The Morgan fingerprint density at radius 1 is 0.579 bits per heavy atom. The first kappa shape index (κ1) is 54.7. The Morgan fingerprint density at radius 2 is 1.00 bits per heavy atom. The first-order valence-corrected chi connectivity index (χ1v) is 23.8. The lowest BCUT2D eigenvalue weighted by Gasteiger charge is -2.20. The van der Waals surface area contributed by atoms with Crippen LogP contribution in [0.5, 0.6) is 0 Å². The zero-order chi connectivity index (χ0) is 41.9. The van der Waals surface area contributed by atoms with Gasteiger partial charge in [-0.15, -0.1) is 0 Å². The number of carboxylic acid groups (broad SMARTS) is 1. The zero-order valence-corrected chi connectivity index (χ0v) is 36.8. The van der Waals surface area contributed by atoms with Crippen LogP contribution in [-0.4, -0.2) is 60.5 Å². The molecule has 330 valence electrons. The fraction of sp³-hybridized carbons (Fsp3) is 0.739. The molecule has 0 fully saturated rings. The maximum absolute atomic E-state index is 12.6. The number of phosphoric acid groups is 1. The van der Waals surface area contributed by atoms with Crippen LogP contribution in [0.1, 0.15) is 181 Å². The summed E-state index contributed by atoms with van der Waals surface area (Å²) < 4.78 is 33.3. The molecule has 10 nitrogen and oxygen atoms in total. The largest absolute Gasteiger partial charge is 0.480 e. The molecule has 57 heavy (non-hydrogen) atoms. The molecule has 0 aromatic carbocycles. The summed E-state index contributed by atoms with van der Waals surface area (Å²) in [4.78, 5) is 33.5. The Kier molecular flexibility index (Phi) is 40.1. The minimum absolute atomic E-state index is 0.00584. The summed E-state index contributed by atoms with van der Waals surface area (Å²) in [5, 5.41) is 8.90. The van der Waals surface area contributed by atoms with Crippen LogP contribution in [0.25, 0.3) is 0 Å². The Balaban J connectivity index is 4.30. The summed E-state index contributed by atoms with van der Waals surface area (Å²) in [6.45, 7) is 3.71. The molecule has 0 spiro atoms. The summed E-state index contributed by atoms with van der Waals surface area (Å²) >= 11 is 0. The van der Waals surface area contributed by atoms with E-state index in [1.165, 1.54) is 96.3 Å². The molecule has 0 heterocycles.